The molecule has 0 fully saturated rings. The molecular weight excluding hydrogens is 132 g/mol. The summed E-state index contributed by atoms with van der Waals surface area (Å²) in [6.45, 7) is 4.35. The van der Waals surface area contributed by atoms with Gasteiger partial charge in [0.25, 0.3) is 0 Å². The van der Waals surface area contributed by atoms with Crippen LogP contribution in [0.3, 0.4) is 0 Å². The summed E-state index contributed by atoms with van der Waals surface area (Å²) in [7, 11) is 0. The summed E-state index contributed by atoms with van der Waals surface area (Å²) in [5, 5.41) is 0. The lowest BCUT2D eigenvalue weighted by Gasteiger charge is -1.99. The molecule has 59 valence electrons. The molecule has 0 aliphatic carbocycles. The summed E-state index contributed by atoms with van der Waals surface area (Å²) in [5.41, 5.74) is 2.70. The van der Waals surface area contributed by atoms with E-state index >= 15 is 0 Å². The van der Waals surface area contributed by atoms with Crippen molar-refractivity contribution < 1.29 is 0 Å². The third-order valence-corrected chi connectivity index (χ3v) is 1.82. The Labute approximate surface area is 69.3 Å². The highest BCUT2D eigenvalue weighted by Crippen LogP contribution is 2.06. The lowest BCUT2D eigenvalue weighted by atomic mass is 10.1. The van der Waals surface area contributed by atoms with Crippen LogP contribution in [0.15, 0.2) is 18.2 Å². The Balaban J connectivity index is 2.56. The number of unbranched alkanes of at least 4 members (excludes halogenated alkanes) is 1. The van der Waals surface area contributed by atoms with Gasteiger partial charge in [-0.05, 0) is 31.4 Å². The minimum absolute atomic E-state index is 1.18. The van der Waals surface area contributed by atoms with Gasteiger partial charge in [0.15, 0.2) is 0 Å². The first kappa shape index (κ1) is 8.32. The SMILES string of the molecule is CCCCc1[c]ccc(C)c1. The average molecular weight is 147 g/mol. The number of hydrogen-bond acceptors (Lipinski definition) is 0. The maximum absolute atomic E-state index is 3.24. The molecule has 1 aromatic rings. The molecule has 0 N–H and O–H groups in total. The Hall–Kier alpha value is -0.780. The molecule has 0 heteroatoms. The van der Waals surface area contributed by atoms with Gasteiger partial charge in [-0.15, -0.1) is 0 Å². The first-order valence-electron chi connectivity index (χ1n) is 4.30. The van der Waals surface area contributed by atoms with Crippen LogP contribution in [0.25, 0.3) is 0 Å². The summed E-state index contributed by atoms with van der Waals surface area (Å²) in [5.74, 6) is 0. The minimum Gasteiger partial charge on any atom is -0.0654 e. The largest absolute Gasteiger partial charge is 0.0654 e. The Morgan fingerprint density at radius 3 is 2.91 bits per heavy atom. The van der Waals surface area contributed by atoms with Gasteiger partial charge < -0.3 is 0 Å². The molecular formula is C11H15. The van der Waals surface area contributed by atoms with E-state index in [1.54, 1.807) is 0 Å². The van der Waals surface area contributed by atoms with Crippen LogP contribution in [0.5, 0.6) is 0 Å². The summed E-state index contributed by atoms with van der Waals surface area (Å²) < 4.78 is 0. The van der Waals surface area contributed by atoms with Crippen molar-refractivity contribution in [3.63, 3.8) is 0 Å². The molecule has 11 heavy (non-hydrogen) atoms. The lowest BCUT2D eigenvalue weighted by molar-refractivity contribution is 0.794. The van der Waals surface area contributed by atoms with E-state index in [1.165, 1.54) is 30.4 Å². The molecule has 0 saturated carbocycles. The van der Waals surface area contributed by atoms with Crippen LogP contribution in [0.4, 0.5) is 0 Å². The van der Waals surface area contributed by atoms with Gasteiger partial charge in [-0.1, -0.05) is 37.1 Å². The topological polar surface area (TPSA) is 0 Å². The van der Waals surface area contributed by atoms with E-state index in [9.17, 15) is 0 Å². The molecule has 1 rings (SSSR count). The number of rotatable bonds is 3. The van der Waals surface area contributed by atoms with Crippen molar-refractivity contribution >= 4 is 0 Å². The van der Waals surface area contributed by atoms with Crippen LogP contribution in [0, 0.1) is 13.0 Å². The molecule has 0 bridgehead atoms. The molecule has 0 atom stereocenters. The van der Waals surface area contributed by atoms with Crippen LogP contribution < -0.4 is 0 Å². The molecule has 0 unspecified atom stereocenters. The van der Waals surface area contributed by atoms with Crippen LogP contribution in [0.1, 0.15) is 30.9 Å². The van der Waals surface area contributed by atoms with Crippen LogP contribution >= 0.6 is 0 Å². The standard InChI is InChI=1S/C11H15/c1-3-4-7-11-8-5-6-10(2)9-11/h5-6,9H,3-4,7H2,1-2H3. The van der Waals surface area contributed by atoms with E-state index in [4.69, 9.17) is 0 Å². The zero-order chi connectivity index (χ0) is 8.10. The fraction of sp³-hybridized carbons (Fsp3) is 0.455. The van der Waals surface area contributed by atoms with E-state index < -0.39 is 0 Å². The molecule has 0 aliphatic rings. The molecule has 1 radical (unpaired) electrons. The van der Waals surface area contributed by atoms with Crippen molar-refractivity contribution in [2.45, 2.75) is 33.1 Å². The monoisotopic (exact) mass is 147 g/mol. The second kappa shape index (κ2) is 4.17. The van der Waals surface area contributed by atoms with Gasteiger partial charge in [-0.3, -0.25) is 0 Å². The Morgan fingerprint density at radius 2 is 2.27 bits per heavy atom. The Bertz CT molecular complexity index is 213. The van der Waals surface area contributed by atoms with E-state index in [1.807, 2.05) is 6.07 Å². The summed E-state index contributed by atoms with van der Waals surface area (Å²) in [6.07, 6.45) is 3.72. The van der Waals surface area contributed by atoms with E-state index in [0.29, 0.717) is 0 Å². The Morgan fingerprint density at radius 1 is 1.45 bits per heavy atom. The zero-order valence-electron chi connectivity index (χ0n) is 7.35. The maximum atomic E-state index is 3.24. The number of benzene rings is 1. The normalized spacial score (nSPS) is 10.0. The highest BCUT2D eigenvalue weighted by molar-refractivity contribution is 5.20. The molecule has 0 amide bonds. The molecule has 0 spiro atoms. The van der Waals surface area contributed by atoms with Crippen molar-refractivity contribution in [1.29, 1.82) is 0 Å². The maximum Gasteiger partial charge on any atom is -0.0149 e. The summed E-state index contributed by atoms with van der Waals surface area (Å²) in [6, 6.07) is 9.57. The van der Waals surface area contributed by atoms with Gasteiger partial charge in [0, 0.05) is 0 Å². The number of aryl methyl sites for hydroxylation is 2. The summed E-state index contributed by atoms with van der Waals surface area (Å²) >= 11 is 0. The second-order valence-electron chi connectivity index (χ2n) is 2.99. The third kappa shape index (κ3) is 2.75. The van der Waals surface area contributed by atoms with Crippen LogP contribution in [-0.2, 0) is 6.42 Å². The zero-order valence-corrected chi connectivity index (χ0v) is 7.35. The van der Waals surface area contributed by atoms with Crippen molar-refractivity contribution in [3.05, 3.63) is 35.4 Å². The number of hydrogen-bond donors (Lipinski definition) is 0. The molecule has 0 heterocycles. The van der Waals surface area contributed by atoms with Crippen LogP contribution in [-0.4, -0.2) is 0 Å². The van der Waals surface area contributed by atoms with Gasteiger partial charge in [0.1, 0.15) is 0 Å². The fourth-order valence-corrected chi connectivity index (χ4v) is 1.16. The van der Waals surface area contributed by atoms with Crippen molar-refractivity contribution in [2.75, 3.05) is 0 Å². The van der Waals surface area contributed by atoms with Gasteiger partial charge in [0.05, 0.1) is 0 Å². The van der Waals surface area contributed by atoms with Gasteiger partial charge in [-0.2, -0.15) is 0 Å². The van der Waals surface area contributed by atoms with Crippen molar-refractivity contribution in [2.24, 2.45) is 0 Å². The lowest BCUT2D eigenvalue weighted by Crippen LogP contribution is -1.84. The van der Waals surface area contributed by atoms with Gasteiger partial charge in [0.2, 0.25) is 0 Å². The van der Waals surface area contributed by atoms with E-state index in [0.717, 1.165) is 0 Å². The third-order valence-electron chi connectivity index (χ3n) is 1.82. The van der Waals surface area contributed by atoms with Gasteiger partial charge in [-0.25, -0.2) is 0 Å². The predicted molar refractivity (Wildman–Crippen MR) is 48.6 cm³/mol. The van der Waals surface area contributed by atoms with E-state index in [2.05, 4.69) is 32.0 Å². The highest BCUT2D eigenvalue weighted by atomic mass is 14.0. The molecule has 1 aromatic carbocycles. The van der Waals surface area contributed by atoms with E-state index in [-0.39, 0.29) is 0 Å². The summed E-state index contributed by atoms with van der Waals surface area (Å²) in [4.78, 5) is 0. The quantitative estimate of drug-likeness (QED) is 0.616. The fourth-order valence-electron chi connectivity index (χ4n) is 1.16. The van der Waals surface area contributed by atoms with Gasteiger partial charge >= 0.3 is 0 Å². The highest BCUT2D eigenvalue weighted by Gasteiger charge is 1.91. The second-order valence-corrected chi connectivity index (χ2v) is 2.99. The predicted octanol–water partition coefficient (Wildman–Crippen LogP) is 3.14. The van der Waals surface area contributed by atoms with Crippen LogP contribution in [0.2, 0.25) is 0 Å². The molecule has 0 aromatic heterocycles. The minimum atomic E-state index is 1.18. The first-order valence-corrected chi connectivity index (χ1v) is 4.30. The van der Waals surface area contributed by atoms with Crippen molar-refractivity contribution in [3.8, 4) is 0 Å². The average Bonchev–Trinajstić information content (AvgIpc) is 2.01. The molecule has 0 aliphatic heterocycles. The molecule has 0 saturated heterocycles. The molecule has 0 nitrogen and oxygen atoms in total. The van der Waals surface area contributed by atoms with Crippen molar-refractivity contribution in [1.82, 2.24) is 0 Å². The first-order chi connectivity index (χ1) is 5.33. The smallest absolute Gasteiger partial charge is 0.0149 e. The Kier molecular flexibility index (Phi) is 3.15.